The van der Waals surface area contributed by atoms with Gasteiger partial charge in [0.25, 0.3) is 0 Å². The Morgan fingerprint density at radius 3 is 2.72 bits per heavy atom. The molecule has 1 saturated heterocycles. The molecule has 0 aliphatic carbocycles. The van der Waals surface area contributed by atoms with Gasteiger partial charge < -0.3 is 10.2 Å². The molecular weight excluding hydrogens is 392 g/mol. The van der Waals surface area contributed by atoms with Crippen molar-refractivity contribution >= 4 is 22.4 Å². The second-order valence-electron chi connectivity index (χ2n) is 6.48. The molecule has 0 bridgehead atoms. The molecule has 0 saturated carbocycles. The maximum Gasteiger partial charge on any atom is 0.328 e. The number of hydrazine groups is 1. The first-order valence-electron chi connectivity index (χ1n) is 8.70. The lowest BCUT2D eigenvalue weighted by molar-refractivity contribution is -0.141. The van der Waals surface area contributed by atoms with Gasteiger partial charge in [-0.1, -0.05) is 41.8 Å². The number of rotatable bonds is 6. The average Bonchev–Trinajstić information content (AvgIpc) is 3.44. The Labute approximate surface area is 170 Å². The van der Waals surface area contributed by atoms with Crippen molar-refractivity contribution in [3.63, 3.8) is 0 Å². The van der Waals surface area contributed by atoms with Crippen molar-refractivity contribution in [1.82, 2.24) is 25.0 Å². The zero-order valence-electron chi connectivity index (χ0n) is 15.3. The van der Waals surface area contributed by atoms with Gasteiger partial charge in [0, 0.05) is 12.6 Å². The van der Waals surface area contributed by atoms with E-state index in [0.717, 1.165) is 16.1 Å². The van der Waals surface area contributed by atoms with E-state index in [4.69, 9.17) is 5.11 Å². The Hall–Kier alpha value is -3.50. The van der Waals surface area contributed by atoms with Gasteiger partial charge in [0.15, 0.2) is 6.04 Å². The van der Waals surface area contributed by atoms with E-state index >= 15 is 0 Å². The molecule has 1 atom stereocenters. The lowest BCUT2D eigenvalue weighted by Gasteiger charge is -2.24. The quantitative estimate of drug-likeness (QED) is 0.567. The van der Waals surface area contributed by atoms with Gasteiger partial charge >= 0.3 is 5.97 Å². The largest absolute Gasteiger partial charge is 0.480 e. The van der Waals surface area contributed by atoms with Crippen LogP contribution < -0.4 is 5.43 Å². The van der Waals surface area contributed by atoms with Crippen LogP contribution in [0.25, 0.3) is 16.1 Å². The predicted molar refractivity (Wildman–Crippen MR) is 108 cm³/mol. The van der Waals surface area contributed by atoms with Crippen molar-refractivity contribution in [1.29, 1.82) is 0 Å². The highest BCUT2D eigenvalue weighted by Crippen LogP contribution is 2.34. The minimum Gasteiger partial charge on any atom is -0.480 e. The summed E-state index contributed by atoms with van der Waals surface area (Å²) < 4.78 is 1.59. The Balaban J connectivity index is 1.51. The summed E-state index contributed by atoms with van der Waals surface area (Å²) >= 11 is 1.40. The highest BCUT2D eigenvalue weighted by Gasteiger charge is 2.35. The number of thiazole rings is 1. The molecule has 9 nitrogen and oxygen atoms in total. The Kier molecular flexibility index (Phi) is 4.87. The first kappa shape index (κ1) is 18.8. The topological polar surface area (TPSA) is 116 Å². The second-order valence-corrected chi connectivity index (χ2v) is 7.51. The Bertz CT molecular complexity index is 1090. The van der Waals surface area contributed by atoms with Gasteiger partial charge in [0.1, 0.15) is 5.69 Å². The number of aliphatic hydroxyl groups excluding tert-OH is 1. The van der Waals surface area contributed by atoms with Crippen LogP contribution in [0.2, 0.25) is 0 Å². The summed E-state index contributed by atoms with van der Waals surface area (Å²) in [4.78, 5) is 16.8. The van der Waals surface area contributed by atoms with Crippen LogP contribution in [-0.2, 0) is 11.4 Å². The first-order valence-corrected chi connectivity index (χ1v) is 9.52. The highest BCUT2D eigenvalue weighted by atomic mass is 32.1. The van der Waals surface area contributed by atoms with Crippen molar-refractivity contribution in [2.24, 2.45) is 0 Å². The van der Waals surface area contributed by atoms with Gasteiger partial charge in [-0.3, -0.25) is 10.4 Å². The van der Waals surface area contributed by atoms with Crippen molar-refractivity contribution in [3.8, 4) is 16.1 Å². The molecule has 2 aromatic heterocycles. The Morgan fingerprint density at radius 2 is 2.07 bits per heavy atom. The first-order chi connectivity index (χ1) is 14.0. The van der Waals surface area contributed by atoms with E-state index in [1.807, 2.05) is 24.3 Å². The summed E-state index contributed by atoms with van der Waals surface area (Å²) in [6, 6.07) is 6.90. The number of carbonyl (C=O) groups is 1. The van der Waals surface area contributed by atoms with Crippen LogP contribution in [0.3, 0.4) is 0 Å². The summed E-state index contributed by atoms with van der Waals surface area (Å²) in [5.74, 6) is -0.942. The number of anilines is 1. The number of benzene rings is 1. The van der Waals surface area contributed by atoms with Crippen LogP contribution in [0.1, 0.15) is 12.1 Å². The molecule has 29 heavy (non-hydrogen) atoms. The third kappa shape index (κ3) is 3.62. The van der Waals surface area contributed by atoms with Crippen LogP contribution in [0.15, 0.2) is 61.1 Å². The SMILES string of the molecule is C=C1CC(C(=O)O)N(Nc2ncc(-c3ccc(-n4cc(CO)nn4)cc3)s2)C1=C. The van der Waals surface area contributed by atoms with Gasteiger partial charge in [0.05, 0.1) is 29.1 Å². The van der Waals surface area contributed by atoms with E-state index < -0.39 is 12.0 Å². The van der Waals surface area contributed by atoms with E-state index in [0.29, 0.717) is 28.5 Å². The van der Waals surface area contributed by atoms with Crippen molar-refractivity contribution < 1.29 is 15.0 Å². The fourth-order valence-electron chi connectivity index (χ4n) is 2.98. The number of aliphatic carboxylic acids is 1. The number of nitrogens with zero attached hydrogens (tertiary/aromatic N) is 5. The molecule has 3 aromatic rings. The maximum atomic E-state index is 11.5. The number of hydrogen-bond acceptors (Lipinski definition) is 8. The number of aromatic nitrogens is 4. The fourth-order valence-corrected chi connectivity index (χ4v) is 3.80. The normalized spacial score (nSPS) is 16.4. The molecule has 0 amide bonds. The smallest absolute Gasteiger partial charge is 0.328 e. The molecular formula is C19H18N6O3S. The van der Waals surface area contributed by atoms with E-state index in [2.05, 4.69) is 33.9 Å². The number of nitrogens with one attached hydrogen (secondary N) is 1. The fraction of sp³-hybridized carbons (Fsp3) is 0.158. The molecule has 1 unspecified atom stereocenters. The molecule has 148 valence electrons. The molecule has 4 rings (SSSR count). The average molecular weight is 410 g/mol. The molecule has 10 heteroatoms. The molecule has 0 radical (unpaired) electrons. The monoisotopic (exact) mass is 410 g/mol. The predicted octanol–water partition coefficient (Wildman–Crippen LogP) is 2.44. The van der Waals surface area contributed by atoms with Gasteiger partial charge in [0.2, 0.25) is 5.13 Å². The molecule has 1 aliphatic rings. The summed E-state index contributed by atoms with van der Waals surface area (Å²) in [6.45, 7) is 7.61. The summed E-state index contributed by atoms with van der Waals surface area (Å²) in [5.41, 5.74) is 6.56. The molecule has 1 aromatic carbocycles. The van der Waals surface area contributed by atoms with E-state index in [-0.39, 0.29) is 6.61 Å². The van der Waals surface area contributed by atoms with Crippen LogP contribution in [0, 0.1) is 0 Å². The molecule has 3 heterocycles. The zero-order chi connectivity index (χ0) is 20.5. The van der Waals surface area contributed by atoms with Crippen LogP contribution in [0.4, 0.5) is 5.13 Å². The van der Waals surface area contributed by atoms with Gasteiger partial charge in [-0.2, -0.15) is 0 Å². The van der Waals surface area contributed by atoms with Crippen LogP contribution >= 0.6 is 11.3 Å². The summed E-state index contributed by atoms with van der Waals surface area (Å²) in [5, 5.41) is 28.4. The summed E-state index contributed by atoms with van der Waals surface area (Å²) in [6.07, 6.45) is 3.71. The van der Waals surface area contributed by atoms with E-state index in [1.54, 1.807) is 17.1 Å². The van der Waals surface area contributed by atoms with Crippen molar-refractivity contribution in [2.45, 2.75) is 19.1 Å². The third-order valence-electron chi connectivity index (χ3n) is 4.58. The molecule has 0 spiro atoms. The van der Waals surface area contributed by atoms with Gasteiger partial charge in [-0.25, -0.2) is 14.5 Å². The summed E-state index contributed by atoms with van der Waals surface area (Å²) in [7, 11) is 0. The number of carboxylic acid groups (broad SMARTS) is 1. The van der Waals surface area contributed by atoms with Crippen LogP contribution in [-0.4, -0.2) is 47.2 Å². The standard InChI is InChI=1S/C19H18N6O3S/c1-11-7-16(18(27)28)25(12(11)2)22-19-20-8-17(29-19)13-3-5-15(6-4-13)24-9-14(10-26)21-23-24/h3-6,8-9,16,26H,1-2,7,10H2,(H,20,22)(H,27,28). The highest BCUT2D eigenvalue weighted by molar-refractivity contribution is 7.18. The van der Waals surface area contributed by atoms with E-state index in [9.17, 15) is 9.90 Å². The van der Waals surface area contributed by atoms with Gasteiger partial charge in [-0.05, 0) is 23.3 Å². The number of carboxylic acids is 1. The van der Waals surface area contributed by atoms with Crippen molar-refractivity contribution in [3.05, 3.63) is 66.8 Å². The minimum atomic E-state index is -0.942. The van der Waals surface area contributed by atoms with Crippen LogP contribution in [0.5, 0.6) is 0 Å². The zero-order valence-corrected chi connectivity index (χ0v) is 16.1. The lowest BCUT2D eigenvalue weighted by Crippen LogP contribution is -2.38. The second kappa shape index (κ2) is 7.49. The molecule has 3 N–H and O–H groups in total. The number of allylic oxidation sites excluding steroid dienone is 1. The number of aliphatic hydroxyl groups is 1. The third-order valence-corrected chi connectivity index (χ3v) is 5.53. The van der Waals surface area contributed by atoms with Crippen molar-refractivity contribution in [2.75, 3.05) is 5.43 Å². The molecule has 1 fully saturated rings. The molecule has 1 aliphatic heterocycles. The number of hydrogen-bond donors (Lipinski definition) is 3. The van der Waals surface area contributed by atoms with Gasteiger partial charge in [-0.15, -0.1) is 5.10 Å². The van der Waals surface area contributed by atoms with E-state index in [1.165, 1.54) is 16.3 Å². The minimum absolute atomic E-state index is 0.158. The maximum absolute atomic E-state index is 11.5. The lowest BCUT2D eigenvalue weighted by atomic mass is 10.2. The Morgan fingerprint density at radius 1 is 1.31 bits per heavy atom.